The van der Waals surface area contributed by atoms with Crippen LogP contribution in [0, 0.1) is 0 Å². The number of hydrogen-bond acceptors (Lipinski definition) is 3. The lowest BCUT2D eigenvalue weighted by atomic mass is 10.1. The van der Waals surface area contributed by atoms with E-state index in [0.29, 0.717) is 17.7 Å². The first-order valence-corrected chi connectivity index (χ1v) is 5.43. The van der Waals surface area contributed by atoms with Crippen LogP contribution < -0.4 is 11.1 Å². The second kappa shape index (κ2) is 5.72. The van der Waals surface area contributed by atoms with Crippen LogP contribution in [-0.4, -0.2) is 23.7 Å². The third-order valence-corrected chi connectivity index (χ3v) is 2.74. The molecule has 0 aliphatic rings. The van der Waals surface area contributed by atoms with Crippen LogP contribution in [0.1, 0.15) is 23.7 Å². The van der Waals surface area contributed by atoms with Gasteiger partial charge in [0.05, 0.1) is 28.9 Å². The van der Waals surface area contributed by atoms with Crippen molar-refractivity contribution in [3.8, 4) is 0 Å². The summed E-state index contributed by atoms with van der Waals surface area (Å²) in [5.74, 6) is -0.321. The molecule has 1 rings (SSSR count). The summed E-state index contributed by atoms with van der Waals surface area (Å²) in [7, 11) is 0. The van der Waals surface area contributed by atoms with E-state index in [1.807, 2.05) is 6.92 Å². The molecular weight excluding hydrogens is 228 g/mol. The fraction of sp³-hybridized carbons (Fsp3) is 0.364. The number of nitrogens with two attached hydrogens (primary N) is 1. The van der Waals surface area contributed by atoms with Gasteiger partial charge in [-0.1, -0.05) is 24.6 Å². The number of halogens is 1. The van der Waals surface area contributed by atoms with Gasteiger partial charge in [-0.2, -0.15) is 0 Å². The van der Waals surface area contributed by atoms with Crippen LogP contribution in [0.5, 0.6) is 0 Å². The lowest BCUT2D eigenvalue weighted by Gasteiger charge is -2.14. The highest BCUT2D eigenvalue weighted by Gasteiger charge is 2.15. The van der Waals surface area contributed by atoms with Gasteiger partial charge in [-0.25, -0.2) is 0 Å². The maximum Gasteiger partial charge on any atom is 0.253 e. The smallest absolute Gasteiger partial charge is 0.253 e. The molecule has 5 heteroatoms. The van der Waals surface area contributed by atoms with Gasteiger partial charge in [0.2, 0.25) is 0 Å². The molecule has 0 aliphatic heterocycles. The molecule has 1 aromatic carbocycles. The lowest BCUT2D eigenvalue weighted by molar-refractivity contribution is 0.0915. The Kier molecular flexibility index (Phi) is 4.58. The molecule has 1 atom stereocenters. The summed E-state index contributed by atoms with van der Waals surface area (Å²) in [4.78, 5) is 11.8. The van der Waals surface area contributed by atoms with E-state index in [4.69, 9.17) is 22.4 Å². The molecule has 4 nitrogen and oxygen atoms in total. The molecule has 0 radical (unpaired) electrons. The number of aliphatic hydroxyl groups is 1. The summed E-state index contributed by atoms with van der Waals surface area (Å²) < 4.78 is 0. The first kappa shape index (κ1) is 12.8. The molecule has 0 spiro atoms. The lowest BCUT2D eigenvalue weighted by Crippen LogP contribution is -2.37. The summed E-state index contributed by atoms with van der Waals surface area (Å²) in [6, 6.07) is 4.63. The highest BCUT2D eigenvalue weighted by Crippen LogP contribution is 2.22. The molecule has 4 N–H and O–H groups in total. The van der Waals surface area contributed by atoms with Crippen LogP contribution in [-0.2, 0) is 0 Å². The van der Waals surface area contributed by atoms with Crippen molar-refractivity contribution < 1.29 is 9.90 Å². The molecule has 88 valence electrons. The van der Waals surface area contributed by atoms with Gasteiger partial charge in [-0.05, 0) is 18.6 Å². The van der Waals surface area contributed by atoms with E-state index in [1.165, 1.54) is 0 Å². The van der Waals surface area contributed by atoms with E-state index in [0.717, 1.165) is 0 Å². The summed E-state index contributed by atoms with van der Waals surface area (Å²) >= 11 is 5.91. The number of nitrogens with one attached hydrogen (secondary N) is 1. The van der Waals surface area contributed by atoms with E-state index in [9.17, 15) is 4.79 Å². The Labute approximate surface area is 99.4 Å². The molecule has 1 aromatic rings. The van der Waals surface area contributed by atoms with Crippen molar-refractivity contribution in [1.82, 2.24) is 5.32 Å². The zero-order chi connectivity index (χ0) is 12.1. The Morgan fingerprint density at radius 2 is 2.31 bits per heavy atom. The van der Waals surface area contributed by atoms with Crippen LogP contribution >= 0.6 is 11.6 Å². The van der Waals surface area contributed by atoms with Crippen molar-refractivity contribution in [2.75, 3.05) is 12.3 Å². The highest BCUT2D eigenvalue weighted by atomic mass is 35.5. The molecule has 1 amide bonds. The molecule has 0 aromatic heterocycles. The fourth-order valence-electron chi connectivity index (χ4n) is 1.27. The van der Waals surface area contributed by atoms with Crippen molar-refractivity contribution >= 4 is 23.2 Å². The predicted molar refractivity (Wildman–Crippen MR) is 64.5 cm³/mol. The van der Waals surface area contributed by atoms with Gasteiger partial charge in [0.1, 0.15) is 0 Å². The van der Waals surface area contributed by atoms with Crippen LogP contribution in [0.4, 0.5) is 5.69 Å². The van der Waals surface area contributed by atoms with Gasteiger partial charge < -0.3 is 16.2 Å². The molecular formula is C11H15ClN2O2. The van der Waals surface area contributed by atoms with Crippen molar-refractivity contribution in [3.05, 3.63) is 28.8 Å². The van der Waals surface area contributed by atoms with E-state index in [1.54, 1.807) is 18.2 Å². The van der Waals surface area contributed by atoms with Crippen molar-refractivity contribution in [1.29, 1.82) is 0 Å². The minimum absolute atomic E-state index is 0.0951. The molecule has 0 aliphatic carbocycles. The Morgan fingerprint density at radius 3 is 2.88 bits per heavy atom. The van der Waals surface area contributed by atoms with Crippen molar-refractivity contribution in [2.24, 2.45) is 0 Å². The molecule has 0 fully saturated rings. The van der Waals surface area contributed by atoms with E-state index < -0.39 is 0 Å². The summed E-state index contributed by atoms with van der Waals surface area (Å²) in [5.41, 5.74) is 6.29. The number of hydrogen-bond donors (Lipinski definition) is 3. The highest BCUT2D eigenvalue weighted by molar-refractivity contribution is 6.36. The molecule has 0 bridgehead atoms. The number of amides is 1. The van der Waals surface area contributed by atoms with Gasteiger partial charge in [-0.3, -0.25) is 4.79 Å². The normalized spacial score (nSPS) is 12.2. The van der Waals surface area contributed by atoms with Crippen LogP contribution in [0.15, 0.2) is 18.2 Å². The number of anilines is 1. The average molecular weight is 243 g/mol. The molecule has 16 heavy (non-hydrogen) atoms. The molecule has 0 saturated carbocycles. The Morgan fingerprint density at radius 1 is 1.62 bits per heavy atom. The Bertz CT molecular complexity index is 378. The number of carbonyl (C=O) groups is 1. The fourth-order valence-corrected chi connectivity index (χ4v) is 1.48. The van der Waals surface area contributed by atoms with Crippen molar-refractivity contribution in [2.45, 2.75) is 19.4 Å². The second-order valence-electron chi connectivity index (χ2n) is 3.47. The molecule has 0 heterocycles. The summed E-state index contributed by atoms with van der Waals surface area (Å²) in [5, 5.41) is 11.9. The Hall–Kier alpha value is -1.26. The number of benzene rings is 1. The number of rotatable bonds is 4. The largest absolute Gasteiger partial charge is 0.398 e. The van der Waals surface area contributed by atoms with Crippen molar-refractivity contribution in [3.63, 3.8) is 0 Å². The first-order chi connectivity index (χ1) is 7.60. The van der Waals surface area contributed by atoms with E-state index >= 15 is 0 Å². The maximum absolute atomic E-state index is 11.8. The maximum atomic E-state index is 11.8. The quantitative estimate of drug-likeness (QED) is 0.699. The zero-order valence-corrected chi connectivity index (χ0v) is 9.79. The average Bonchev–Trinajstić information content (AvgIpc) is 2.29. The predicted octanol–water partition coefficient (Wildman–Crippen LogP) is 1.42. The number of aliphatic hydroxyl groups excluding tert-OH is 1. The standard InChI is InChI=1S/C11H15ClN2O2/c1-2-7(6-15)14-11(16)8-4-3-5-9(13)10(8)12/h3-5,7,15H,2,6,13H2,1H3,(H,14,16). The summed E-state index contributed by atoms with van der Waals surface area (Å²) in [6.07, 6.45) is 0.655. The number of carbonyl (C=O) groups excluding carboxylic acids is 1. The Balaban J connectivity index is 2.84. The monoisotopic (exact) mass is 242 g/mol. The third kappa shape index (κ3) is 2.87. The molecule has 1 unspecified atom stereocenters. The third-order valence-electron chi connectivity index (χ3n) is 2.32. The minimum Gasteiger partial charge on any atom is -0.398 e. The van der Waals surface area contributed by atoms with E-state index in [-0.39, 0.29) is 23.6 Å². The SMILES string of the molecule is CCC(CO)NC(=O)c1cccc(N)c1Cl. The van der Waals surface area contributed by atoms with Crippen LogP contribution in [0.2, 0.25) is 5.02 Å². The second-order valence-corrected chi connectivity index (χ2v) is 3.85. The van der Waals surface area contributed by atoms with Gasteiger partial charge in [0.25, 0.3) is 5.91 Å². The van der Waals surface area contributed by atoms with Gasteiger partial charge in [-0.15, -0.1) is 0 Å². The summed E-state index contributed by atoms with van der Waals surface area (Å²) in [6.45, 7) is 1.78. The minimum atomic E-state index is -0.321. The first-order valence-electron chi connectivity index (χ1n) is 5.05. The number of nitrogen functional groups attached to an aromatic ring is 1. The van der Waals surface area contributed by atoms with Crippen LogP contribution in [0.3, 0.4) is 0 Å². The topological polar surface area (TPSA) is 75.3 Å². The van der Waals surface area contributed by atoms with Gasteiger partial charge in [0.15, 0.2) is 0 Å². The van der Waals surface area contributed by atoms with Crippen LogP contribution in [0.25, 0.3) is 0 Å². The molecule has 0 saturated heterocycles. The van der Waals surface area contributed by atoms with E-state index in [2.05, 4.69) is 5.32 Å². The van der Waals surface area contributed by atoms with Gasteiger partial charge in [0, 0.05) is 0 Å². The zero-order valence-electron chi connectivity index (χ0n) is 9.03. The van der Waals surface area contributed by atoms with Gasteiger partial charge >= 0.3 is 0 Å².